The van der Waals surface area contributed by atoms with Gasteiger partial charge in [-0.1, -0.05) is 97.1 Å². The minimum Gasteiger partial charge on any atom is -0.228 e. The van der Waals surface area contributed by atoms with Crippen molar-refractivity contribution in [3.63, 3.8) is 0 Å². The van der Waals surface area contributed by atoms with Gasteiger partial charge in [0, 0.05) is 36.7 Å². The Hall–Kier alpha value is -4.86. The van der Waals surface area contributed by atoms with Crippen LogP contribution in [0, 0.1) is 0 Å². The van der Waals surface area contributed by atoms with E-state index in [1.807, 2.05) is 17.4 Å². The first-order chi connectivity index (χ1) is 20.3. The summed E-state index contributed by atoms with van der Waals surface area (Å²) in [6, 6.07) is 43.6. The van der Waals surface area contributed by atoms with E-state index in [0.29, 0.717) is 0 Å². The smallest absolute Gasteiger partial charge is 0.160 e. The highest BCUT2D eigenvalue weighted by Gasteiger charge is 2.22. The monoisotopic (exact) mass is 540 g/mol. The molecule has 0 unspecified atom stereocenters. The summed E-state index contributed by atoms with van der Waals surface area (Å²) in [5.41, 5.74) is 9.69. The van der Waals surface area contributed by atoms with E-state index >= 15 is 0 Å². The van der Waals surface area contributed by atoms with Crippen molar-refractivity contribution in [2.24, 2.45) is 0 Å². The van der Waals surface area contributed by atoms with Gasteiger partial charge in [-0.2, -0.15) is 0 Å². The van der Waals surface area contributed by atoms with Crippen LogP contribution in [0.4, 0.5) is 0 Å². The lowest BCUT2D eigenvalue weighted by Gasteiger charge is -2.22. The molecular formula is C38H24N2S. The van der Waals surface area contributed by atoms with Crippen LogP contribution in [0.15, 0.2) is 121 Å². The number of hydrogen-bond donors (Lipinski definition) is 0. The molecule has 192 valence electrons. The number of thiophene rings is 1. The van der Waals surface area contributed by atoms with Crippen molar-refractivity contribution in [3.05, 3.63) is 132 Å². The third-order valence-electron chi connectivity index (χ3n) is 8.58. The van der Waals surface area contributed by atoms with Gasteiger partial charge >= 0.3 is 0 Å². The van der Waals surface area contributed by atoms with Gasteiger partial charge in [0.05, 0.1) is 11.2 Å². The van der Waals surface area contributed by atoms with Crippen LogP contribution in [0.1, 0.15) is 11.1 Å². The Morgan fingerprint density at radius 2 is 1.29 bits per heavy atom. The highest BCUT2D eigenvalue weighted by molar-refractivity contribution is 7.26. The standard InChI is InChI=1S/C38H24N2S/c1-2-9-24(10-3-1)37-31-12-6-7-13-32(31)39-38(40-37)26-15-17-27-25(22-26)14-18-30-29(27)19-21-34-36(30)35-28-11-5-4-8-23(28)16-20-33(35)41-34/h1-13,15-17,19-22H,14,18H2. The predicted molar refractivity (Wildman–Crippen MR) is 174 cm³/mol. The Morgan fingerprint density at radius 3 is 2.22 bits per heavy atom. The number of aryl methyl sites for hydroxylation is 2. The molecule has 0 aliphatic heterocycles. The maximum atomic E-state index is 5.12. The van der Waals surface area contributed by atoms with Crippen molar-refractivity contribution in [1.29, 1.82) is 0 Å². The summed E-state index contributed by atoms with van der Waals surface area (Å²) < 4.78 is 2.75. The topological polar surface area (TPSA) is 25.8 Å². The highest BCUT2D eigenvalue weighted by atomic mass is 32.1. The molecule has 0 saturated heterocycles. The van der Waals surface area contributed by atoms with Crippen LogP contribution in [-0.2, 0) is 12.8 Å². The fourth-order valence-electron chi connectivity index (χ4n) is 6.69. The van der Waals surface area contributed by atoms with Crippen molar-refractivity contribution >= 4 is 53.2 Å². The lowest BCUT2D eigenvalue weighted by molar-refractivity contribution is 0.952. The van der Waals surface area contributed by atoms with Crippen molar-refractivity contribution in [2.75, 3.05) is 0 Å². The lowest BCUT2D eigenvalue weighted by Crippen LogP contribution is -2.05. The Bertz CT molecular complexity index is 2310. The molecule has 9 rings (SSSR count). The summed E-state index contributed by atoms with van der Waals surface area (Å²) in [5.74, 6) is 0.780. The lowest BCUT2D eigenvalue weighted by atomic mass is 9.82. The van der Waals surface area contributed by atoms with Crippen LogP contribution in [0.5, 0.6) is 0 Å². The van der Waals surface area contributed by atoms with E-state index in [1.54, 1.807) is 0 Å². The van der Waals surface area contributed by atoms with Gasteiger partial charge in [0.25, 0.3) is 0 Å². The summed E-state index contributed by atoms with van der Waals surface area (Å²) in [6.45, 7) is 0. The first-order valence-electron chi connectivity index (χ1n) is 14.1. The second kappa shape index (κ2) is 8.82. The maximum Gasteiger partial charge on any atom is 0.160 e. The minimum atomic E-state index is 0.780. The molecule has 2 heterocycles. The van der Waals surface area contributed by atoms with Crippen LogP contribution in [0.3, 0.4) is 0 Å². The number of aromatic nitrogens is 2. The van der Waals surface area contributed by atoms with Crippen molar-refractivity contribution in [1.82, 2.24) is 9.97 Å². The van der Waals surface area contributed by atoms with Crippen molar-refractivity contribution in [3.8, 4) is 33.8 Å². The van der Waals surface area contributed by atoms with Gasteiger partial charge in [-0.05, 0) is 70.1 Å². The zero-order chi connectivity index (χ0) is 26.9. The summed E-state index contributed by atoms with van der Waals surface area (Å²) in [4.78, 5) is 10.1. The molecule has 2 aromatic heterocycles. The van der Waals surface area contributed by atoms with Gasteiger partial charge in [-0.3, -0.25) is 0 Å². The van der Waals surface area contributed by atoms with Crippen LogP contribution in [-0.4, -0.2) is 9.97 Å². The normalized spacial score (nSPS) is 12.7. The summed E-state index contributed by atoms with van der Waals surface area (Å²) >= 11 is 1.91. The molecule has 3 heteroatoms. The van der Waals surface area contributed by atoms with Crippen LogP contribution < -0.4 is 0 Å². The third-order valence-corrected chi connectivity index (χ3v) is 9.70. The van der Waals surface area contributed by atoms with E-state index in [2.05, 4.69) is 115 Å². The number of benzene rings is 6. The predicted octanol–water partition coefficient (Wildman–Crippen LogP) is 10.3. The van der Waals surface area contributed by atoms with Crippen LogP contribution in [0.25, 0.3) is 75.6 Å². The number of para-hydroxylation sites is 1. The molecule has 0 atom stereocenters. The summed E-state index contributed by atoms with van der Waals surface area (Å²) in [6.07, 6.45) is 2.04. The molecule has 0 bridgehead atoms. The molecule has 41 heavy (non-hydrogen) atoms. The van der Waals surface area contributed by atoms with E-state index in [1.165, 1.54) is 53.2 Å². The van der Waals surface area contributed by atoms with E-state index in [0.717, 1.165) is 46.4 Å². The summed E-state index contributed by atoms with van der Waals surface area (Å²) in [5, 5.41) is 6.60. The quantitative estimate of drug-likeness (QED) is 0.218. The second-order valence-corrected chi connectivity index (χ2v) is 12.0. The van der Waals surface area contributed by atoms with E-state index in [9.17, 15) is 0 Å². The largest absolute Gasteiger partial charge is 0.228 e. The SMILES string of the molecule is c1ccc(-c2nc(-c3ccc4c(c3)CCc3c-4ccc4sc5ccc6ccccc6c5c34)nc3ccccc23)cc1. The zero-order valence-electron chi connectivity index (χ0n) is 22.3. The first-order valence-corrected chi connectivity index (χ1v) is 15.0. The number of nitrogens with zero attached hydrogens (tertiary/aromatic N) is 2. The minimum absolute atomic E-state index is 0.780. The van der Waals surface area contributed by atoms with Crippen LogP contribution >= 0.6 is 11.3 Å². The van der Waals surface area contributed by atoms with Crippen molar-refractivity contribution in [2.45, 2.75) is 12.8 Å². The Morgan fingerprint density at radius 1 is 0.537 bits per heavy atom. The van der Waals surface area contributed by atoms with Gasteiger partial charge in [0.1, 0.15) is 0 Å². The molecule has 2 nitrogen and oxygen atoms in total. The Kier molecular flexibility index (Phi) is 4.93. The average Bonchev–Trinajstić information content (AvgIpc) is 3.44. The van der Waals surface area contributed by atoms with Gasteiger partial charge in [-0.15, -0.1) is 11.3 Å². The molecule has 0 amide bonds. The summed E-state index contributed by atoms with van der Waals surface area (Å²) in [7, 11) is 0. The first kappa shape index (κ1) is 22.9. The van der Waals surface area contributed by atoms with Gasteiger partial charge < -0.3 is 0 Å². The molecular weight excluding hydrogens is 516 g/mol. The van der Waals surface area contributed by atoms with E-state index in [-0.39, 0.29) is 0 Å². The molecule has 6 aromatic carbocycles. The molecule has 0 N–H and O–H groups in total. The van der Waals surface area contributed by atoms with E-state index in [4.69, 9.17) is 9.97 Å². The Balaban J connectivity index is 1.22. The average molecular weight is 541 g/mol. The maximum absolute atomic E-state index is 5.12. The fourth-order valence-corrected chi connectivity index (χ4v) is 7.84. The molecule has 0 radical (unpaired) electrons. The Labute approximate surface area is 241 Å². The molecule has 1 aliphatic carbocycles. The molecule has 0 fully saturated rings. The molecule has 0 spiro atoms. The molecule has 0 saturated carbocycles. The number of rotatable bonds is 2. The zero-order valence-corrected chi connectivity index (χ0v) is 23.1. The van der Waals surface area contributed by atoms with Crippen LogP contribution in [0.2, 0.25) is 0 Å². The fraction of sp³-hybridized carbons (Fsp3) is 0.0526. The number of hydrogen-bond acceptors (Lipinski definition) is 3. The second-order valence-electron chi connectivity index (χ2n) is 10.9. The van der Waals surface area contributed by atoms with Crippen molar-refractivity contribution < 1.29 is 0 Å². The molecule has 1 aliphatic rings. The van der Waals surface area contributed by atoms with Gasteiger partial charge in [0.2, 0.25) is 0 Å². The molecule has 8 aromatic rings. The third kappa shape index (κ3) is 3.49. The van der Waals surface area contributed by atoms with Gasteiger partial charge in [0.15, 0.2) is 5.82 Å². The number of fused-ring (bicyclic) bond motifs is 10. The van der Waals surface area contributed by atoms with Gasteiger partial charge in [-0.25, -0.2) is 9.97 Å². The highest BCUT2D eigenvalue weighted by Crippen LogP contribution is 2.46. The van der Waals surface area contributed by atoms with E-state index < -0.39 is 0 Å².